The van der Waals surface area contributed by atoms with E-state index in [0.717, 1.165) is 12.1 Å². The normalized spacial score (nSPS) is 12.3. The van der Waals surface area contributed by atoms with Crippen molar-refractivity contribution >= 4 is 15.7 Å². The fraction of sp³-hybridized carbons (Fsp3) is 0.400. The van der Waals surface area contributed by atoms with Gasteiger partial charge in [0.15, 0.2) is 0 Å². The van der Waals surface area contributed by atoms with E-state index in [2.05, 4.69) is 4.74 Å². The molecule has 0 aliphatic carbocycles. The Labute approximate surface area is 103 Å². The molecule has 0 aliphatic rings. The fourth-order valence-electron chi connectivity index (χ4n) is 1.21. The number of rotatable bonds is 4. The van der Waals surface area contributed by atoms with Crippen molar-refractivity contribution in [1.82, 2.24) is 0 Å². The van der Waals surface area contributed by atoms with E-state index in [1.165, 1.54) is 20.1 Å². The van der Waals surface area contributed by atoms with Crippen LogP contribution in [0.4, 0.5) is 18.9 Å². The van der Waals surface area contributed by atoms with Gasteiger partial charge in [0.2, 0.25) is 10.0 Å². The number of ether oxygens (including phenoxy) is 1. The Morgan fingerprint density at radius 2 is 1.94 bits per heavy atom. The van der Waals surface area contributed by atoms with Gasteiger partial charge in [-0.05, 0) is 25.1 Å². The van der Waals surface area contributed by atoms with Gasteiger partial charge in [0.1, 0.15) is 5.75 Å². The number of anilines is 1. The van der Waals surface area contributed by atoms with Gasteiger partial charge in [-0.25, -0.2) is 8.42 Å². The number of nitrogens with one attached hydrogen (secondary N) is 1. The molecule has 0 fully saturated rings. The highest BCUT2D eigenvalue weighted by atomic mass is 32.2. The average Bonchev–Trinajstić information content (AvgIpc) is 2.27. The van der Waals surface area contributed by atoms with Crippen LogP contribution in [0.25, 0.3) is 0 Å². The predicted octanol–water partition coefficient (Wildman–Crippen LogP) is 2.48. The summed E-state index contributed by atoms with van der Waals surface area (Å²) in [4.78, 5) is 0. The van der Waals surface area contributed by atoms with E-state index in [1.54, 1.807) is 0 Å². The molecule has 0 radical (unpaired) electrons. The standard InChI is InChI=1S/C10H12F3NO3S/c1-3-18(15,16)14-9-5-4-7(17-2)6-8(9)10(11,12)13/h4-6,14H,3H2,1-2H3. The van der Waals surface area contributed by atoms with Crippen LogP contribution in [-0.2, 0) is 16.2 Å². The molecule has 1 aromatic carbocycles. The topological polar surface area (TPSA) is 55.4 Å². The zero-order chi connectivity index (χ0) is 14.0. The minimum absolute atomic E-state index is 0.00164. The summed E-state index contributed by atoms with van der Waals surface area (Å²) >= 11 is 0. The molecule has 0 saturated carbocycles. The first-order valence-corrected chi connectivity index (χ1v) is 6.60. The Kier molecular flexibility index (Phi) is 4.10. The number of hydrogen-bond acceptors (Lipinski definition) is 3. The summed E-state index contributed by atoms with van der Waals surface area (Å²) in [5, 5.41) is 0. The van der Waals surface area contributed by atoms with Crippen molar-refractivity contribution in [2.24, 2.45) is 0 Å². The number of hydrogen-bond donors (Lipinski definition) is 1. The van der Waals surface area contributed by atoms with Gasteiger partial charge in [0.25, 0.3) is 0 Å². The van der Waals surface area contributed by atoms with Crippen molar-refractivity contribution in [3.63, 3.8) is 0 Å². The molecular formula is C10H12F3NO3S. The second kappa shape index (κ2) is 5.05. The summed E-state index contributed by atoms with van der Waals surface area (Å²) in [5.74, 6) is -0.308. The van der Waals surface area contributed by atoms with Gasteiger partial charge < -0.3 is 4.74 Å². The van der Waals surface area contributed by atoms with E-state index in [9.17, 15) is 21.6 Å². The molecule has 0 spiro atoms. The third-order valence-corrected chi connectivity index (χ3v) is 3.47. The van der Waals surface area contributed by atoms with Crippen LogP contribution in [0.1, 0.15) is 12.5 Å². The van der Waals surface area contributed by atoms with Gasteiger partial charge in [-0.2, -0.15) is 13.2 Å². The summed E-state index contributed by atoms with van der Waals surface area (Å²) in [6.45, 7) is 1.33. The van der Waals surface area contributed by atoms with E-state index in [0.29, 0.717) is 0 Å². The molecule has 8 heteroatoms. The molecule has 1 N–H and O–H groups in total. The van der Waals surface area contributed by atoms with Crippen LogP contribution in [0, 0.1) is 0 Å². The summed E-state index contributed by atoms with van der Waals surface area (Å²) in [5.41, 5.74) is -1.59. The quantitative estimate of drug-likeness (QED) is 0.923. The van der Waals surface area contributed by atoms with Crippen molar-refractivity contribution in [2.75, 3.05) is 17.6 Å². The third-order valence-electron chi connectivity index (χ3n) is 2.18. The van der Waals surface area contributed by atoms with Gasteiger partial charge in [-0.15, -0.1) is 0 Å². The molecule has 1 rings (SSSR count). The molecule has 0 atom stereocenters. The highest BCUT2D eigenvalue weighted by molar-refractivity contribution is 7.92. The maximum Gasteiger partial charge on any atom is 0.418 e. The lowest BCUT2D eigenvalue weighted by Crippen LogP contribution is -2.18. The summed E-state index contributed by atoms with van der Waals surface area (Å²) in [6, 6.07) is 3.02. The van der Waals surface area contributed by atoms with Gasteiger partial charge in [0, 0.05) is 0 Å². The third kappa shape index (κ3) is 3.52. The number of sulfonamides is 1. The van der Waals surface area contributed by atoms with Crippen molar-refractivity contribution in [3.8, 4) is 5.75 Å². The van der Waals surface area contributed by atoms with Crippen molar-refractivity contribution in [2.45, 2.75) is 13.1 Å². The Balaban J connectivity index is 3.28. The smallest absolute Gasteiger partial charge is 0.418 e. The van der Waals surface area contributed by atoms with Crippen molar-refractivity contribution in [1.29, 1.82) is 0 Å². The molecule has 0 unspecified atom stereocenters. The lowest BCUT2D eigenvalue weighted by molar-refractivity contribution is -0.137. The lowest BCUT2D eigenvalue weighted by Gasteiger charge is -2.15. The van der Waals surface area contributed by atoms with Crippen molar-refractivity contribution < 1.29 is 26.3 Å². The number of methoxy groups -OCH3 is 1. The van der Waals surface area contributed by atoms with Crippen molar-refractivity contribution in [3.05, 3.63) is 23.8 Å². The van der Waals surface area contributed by atoms with Gasteiger partial charge in [0.05, 0.1) is 24.1 Å². The van der Waals surface area contributed by atoms with E-state index in [4.69, 9.17) is 0 Å². The Bertz CT molecular complexity index is 526. The predicted molar refractivity (Wildman–Crippen MR) is 61.1 cm³/mol. The second-order valence-electron chi connectivity index (χ2n) is 3.41. The van der Waals surface area contributed by atoms with E-state index >= 15 is 0 Å². The van der Waals surface area contributed by atoms with Crippen LogP contribution >= 0.6 is 0 Å². The zero-order valence-corrected chi connectivity index (χ0v) is 10.5. The molecule has 18 heavy (non-hydrogen) atoms. The SMILES string of the molecule is CCS(=O)(=O)Nc1ccc(OC)cc1C(F)(F)F. The highest BCUT2D eigenvalue weighted by Crippen LogP contribution is 2.37. The fourth-order valence-corrected chi connectivity index (χ4v) is 1.87. The Morgan fingerprint density at radius 3 is 2.39 bits per heavy atom. The zero-order valence-electron chi connectivity index (χ0n) is 9.71. The summed E-state index contributed by atoms with van der Waals surface area (Å²) in [6.07, 6.45) is -4.67. The van der Waals surface area contributed by atoms with E-state index < -0.39 is 27.5 Å². The summed E-state index contributed by atoms with van der Waals surface area (Å²) in [7, 11) is -2.54. The molecule has 0 aliphatic heterocycles. The van der Waals surface area contributed by atoms with Crippen LogP contribution < -0.4 is 9.46 Å². The largest absolute Gasteiger partial charge is 0.497 e. The minimum Gasteiger partial charge on any atom is -0.497 e. The number of benzene rings is 1. The molecule has 4 nitrogen and oxygen atoms in total. The number of halogens is 3. The first-order valence-electron chi connectivity index (χ1n) is 4.95. The Morgan fingerprint density at radius 1 is 1.33 bits per heavy atom. The molecule has 0 heterocycles. The molecule has 102 valence electrons. The van der Waals surface area contributed by atoms with Crippen LogP contribution in [0.2, 0.25) is 0 Å². The molecule has 0 amide bonds. The highest BCUT2D eigenvalue weighted by Gasteiger charge is 2.34. The van der Waals surface area contributed by atoms with Crippen LogP contribution in [0.3, 0.4) is 0 Å². The van der Waals surface area contributed by atoms with Gasteiger partial charge in [-0.1, -0.05) is 0 Å². The van der Waals surface area contributed by atoms with Crippen LogP contribution in [-0.4, -0.2) is 21.3 Å². The maximum absolute atomic E-state index is 12.8. The van der Waals surface area contributed by atoms with Crippen LogP contribution in [0.5, 0.6) is 5.75 Å². The maximum atomic E-state index is 12.8. The van der Waals surface area contributed by atoms with Gasteiger partial charge in [-0.3, -0.25) is 4.72 Å². The van der Waals surface area contributed by atoms with Gasteiger partial charge >= 0.3 is 6.18 Å². The number of alkyl halides is 3. The molecular weight excluding hydrogens is 271 g/mol. The molecule has 1 aromatic rings. The first kappa shape index (κ1) is 14.6. The van der Waals surface area contributed by atoms with E-state index in [-0.39, 0.29) is 11.5 Å². The monoisotopic (exact) mass is 283 g/mol. The lowest BCUT2D eigenvalue weighted by atomic mass is 10.1. The second-order valence-corrected chi connectivity index (χ2v) is 5.43. The van der Waals surface area contributed by atoms with Crippen LogP contribution in [0.15, 0.2) is 18.2 Å². The summed E-state index contributed by atoms with van der Waals surface area (Å²) < 4.78 is 67.4. The minimum atomic E-state index is -4.67. The average molecular weight is 283 g/mol. The molecule has 0 bridgehead atoms. The van der Waals surface area contributed by atoms with E-state index in [1.807, 2.05) is 4.72 Å². The molecule has 0 saturated heterocycles. The first-order chi connectivity index (χ1) is 8.19. The molecule has 0 aromatic heterocycles. The Hall–Kier alpha value is -1.44.